The standard InChI is InChI=1S/C9H15ClO/c1-8(10)4-2-5-9-6-3-7-11-9/h2,4,8-9H,3,5-7H2,1H3. The van der Waals surface area contributed by atoms with E-state index in [1.165, 1.54) is 12.8 Å². The molecule has 2 atom stereocenters. The van der Waals surface area contributed by atoms with Crippen LogP contribution in [0, 0.1) is 0 Å². The molecule has 0 N–H and O–H groups in total. The summed E-state index contributed by atoms with van der Waals surface area (Å²) in [4.78, 5) is 0. The van der Waals surface area contributed by atoms with Gasteiger partial charge in [-0.1, -0.05) is 12.2 Å². The van der Waals surface area contributed by atoms with Crippen LogP contribution in [0.3, 0.4) is 0 Å². The van der Waals surface area contributed by atoms with Gasteiger partial charge in [0.15, 0.2) is 0 Å². The van der Waals surface area contributed by atoms with Gasteiger partial charge >= 0.3 is 0 Å². The maximum Gasteiger partial charge on any atom is 0.0610 e. The van der Waals surface area contributed by atoms with E-state index >= 15 is 0 Å². The van der Waals surface area contributed by atoms with Crippen molar-refractivity contribution in [3.05, 3.63) is 12.2 Å². The molecule has 0 aliphatic carbocycles. The summed E-state index contributed by atoms with van der Waals surface area (Å²) in [6.07, 6.45) is 8.05. The number of hydrogen-bond acceptors (Lipinski definition) is 1. The second-order valence-corrected chi connectivity index (χ2v) is 3.66. The summed E-state index contributed by atoms with van der Waals surface area (Å²) < 4.78 is 5.44. The number of hydrogen-bond donors (Lipinski definition) is 0. The van der Waals surface area contributed by atoms with Gasteiger partial charge in [0.1, 0.15) is 0 Å². The van der Waals surface area contributed by atoms with E-state index < -0.39 is 0 Å². The molecule has 0 bridgehead atoms. The third kappa shape index (κ3) is 3.78. The molecule has 1 nitrogen and oxygen atoms in total. The molecule has 1 rings (SSSR count). The topological polar surface area (TPSA) is 9.23 Å². The van der Waals surface area contributed by atoms with Gasteiger partial charge in [-0.3, -0.25) is 0 Å². The SMILES string of the molecule is CC(Cl)C=CCC1CCCO1. The van der Waals surface area contributed by atoms with Gasteiger partial charge in [-0.05, 0) is 26.2 Å². The molecule has 1 fully saturated rings. The first kappa shape index (κ1) is 9.08. The summed E-state index contributed by atoms with van der Waals surface area (Å²) in [5, 5.41) is 0.149. The van der Waals surface area contributed by atoms with E-state index in [9.17, 15) is 0 Å². The van der Waals surface area contributed by atoms with E-state index in [-0.39, 0.29) is 5.38 Å². The van der Waals surface area contributed by atoms with Crippen LogP contribution in [0.15, 0.2) is 12.2 Å². The van der Waals surface area contributed by atoms with Gasteiger partial charge < -0.3 is 4.74 Å². The molecule has 1 heterocycles. The van der Waals surface area contributed by atoms with E-state index in [2.05, 4.69) is 6.08 Å². The van der Waals surface area contributed by atoms with Crippen LogP contribution in [0.5, 0.6) is 0 Å². The normalized spacial score (nSPS) is 28.0. The van der Waals surface area contributed by atoms with Gasteiger partial charge in [-0.25, -0.2) is 0 Å². The molecule has 0 aromatic rings. The molecule has 0 aromatic carbocycles. The summed E-state index contributed by atoms with van der Waals surface area (Å²) >= 11 is 5.74. The van der Waals surface area contributed by atoms with Gasteiger partial charge in [0.25, 0.3) is 0 Å². The first-order valence-corrected chi connectivity index (χ1v) is 4.65. The van der Waals surface area contributed by atoms with Crippen LogP contribution < -0.4 is 0 Å². The number of halogens is 1. The molecule has 1 saturated heterocycles. The molecule has 1 aliphatic heterocycles. The zero-order valence-electron chi connectivity index (χ0n) is 6.92. The van der Waals surface area contributed by atoms with Crippen LogP contribution in [0.25, 0.3) is 0 Å². The van der Waals surface area contributed by atoms with E-state index in [0.29, 0.717) is 6.10 Å². The molecule has 11 heavy (non-hydrogen) atoms. The van der Waals surface area contributed by atoms with Gasteiger partial charge in [0.2, 0.25) is 0 Å². The highest BCUT2D eigenvalue weighted by Gasteiger charge is 2.12. The summed E-state index contributed by atoms with van der Waals surface area (Å²) in [6, 6.07) is 0. The quantitative estimate of drug-likeness (QED) is 0.472. The largest absolute Gasteiger partial charge is 0.378 e. The maximum atomic E-state index is 5.74. The zero-order chi connectivity index (χ0) is 8.10. The van der Waals surface area contributed by atoms with Crippen molar-refractivity contribution in [2.45, 2.75) is 37.7 Å². The van der Waals surface area contributed by atoms with Crippen LogP contribution in [0.1, 0.15) is 26.2 Å². The molecular formula is C9H15ClO. The molecule has 0 radical (unpaired) electrons. The van der Waals surface area contributed by atoms with Crippen LogP contribution in [-0.4, -0.2) is 18.1 Å². The van der Waals surface area contributed by atoms with E-state index in [4.69, 9.17) is 16.3 Å². The maximum absolute atomic E-state index is 5.74. The van der Waals surface area contributed by atoms with Gasteiger partial charge in [0.05, 0.1) is 6.10 Å². The van der Waals surface area contributed by atoms with E-state index in [0.717, 1.165) is 13.0 Å². The Morgan fingerprint density at radius 3 is 3.09 bits per heavy atom. The summed E-state index contributed by atoms with van der Waals surface area (Å²) in [5.74, 6) is 0. The second kappa shape index (κ2) is 4.78. The Hall–Kier alpha value is -0.0100. The lowest BCUT2D eigenvalue weighted by atomic mass is 10.2. The lowest BCUT2D eigenvalue weighted by Gasteiger charge is -2.04. The summed E-state index contributed by atoms with van der Waals surface area (Å²) in [5.41, 5.74) is 0. The Labute approximate surface area is 73.4 Å². The van der Waals surface area contributed by atoms with Crippen molar-refractivity contribution in [2.75, 3.05) is 6.61 Å². The molecule has 0 aromatic heterocycles. The fraction of sp³-hybridized carbons (Fsp3) is 0.778. The summed E-state index contributed by atoms with van der Waals surface area (Å²) in [6.45, 7) is 2.91. The predicted molar refractivity (Wildman–Crippen MR) is 48.0 cm³/mol. The second-order valence-electron chi connectivity index (χ2n) is 2.98. The lowest BCUT2D eigenvalue weighted by molar-refractivity contribution is 0.113. The molecule has 2 heteroatoms. The van der Waals surface area contributed by atoms with Crippen molar-refractivity contribution in [3.63, 3.8) is 0 Å². The van der Waals surface area contributed by atoms with Gasteiger partial charge in [0, 0.05) is 12.0 Å². The number of ether oxygens (including phenoxy) is 1. The van der Waals surface area contributed by atoms with Crippen LogP contribution >= 0.6 is 11.6 Å². The van der Waals surface area contributed by atoms with E-state index in [1.54, 1.807) is 0 Å². The fourth-order valence-corrected chi connectivity index (χ4v) is 1.35. The van der Waals surface area contributed by atoms with Gasteiger partial charge in [-0.2, -0.15) is 0 Å². The van der Waals surface area contributed by atoms with Crippen LogP contribution in [0.2, 0.25) is 0 Å². The minimum absolute atomic E-state index is 0.149. The lowest BCUT2D eigenvalue weighted by Crippen LogP contribution is -2.02. The van der Waals surface area contributed by atoms with Crippen molar-refractivity contribution >= 4 is 11.6 Å². The van der Waals surface area contributed by atoms with Crippen molar-refractivity contribution in [1.29, 1.82) is 0 Å². The smallest absolute Gasteiger partial charge is 0.0610 e. The highest BCUT2D eigenvalue weighted by molar-refractivity contribution is 6.21. The van der Waals surface area contributed by atoms with Crippen LogP contribution in [-0.2, 0) is 4.74 Å². The third-order valence-corrected chi connectivity index (χ3v) is 1.97. The van der Waals surface area contributed by atoms with Crippen molar-refractivity contribution in [3.8, 4) is 0 Å². The molecule has 1 aliphatic rings. The Morgan fingerprint density at radius 2 is 2.55 bits per heavy atom. The third-order valence-electron chi connectivity index (χ3n) is 1.82. The highest BCUT2D eigenvalue weighted by atomic mass is 35.5. The monoisotopic (exact) mass is 174 g/mol. The number of allylic oxidation sites excluding steroid dienone is 1. The molecular weight excluding hydrogens is 160 g/mol. The Balaban J connectivity index is 2.10. The van der Waals surface area contributed by atoms with Crippen LogP contribution in [0.4, 0.5) is 0 Å². The van der Waals surface area contributed by atoms with Crippen molar-refractivity contribution < 1.29 is 4.74 Å². The number of rotatable bonds is 3. The average molecular weight is 175 g/mol. The molecule has 0 amide bonds. The first-order valence-electron chi connectivity index (χ1n) is 4.21. The number of alkyl halides is 1. The van der Waals surface area contributed by atoms with Gasteiger partial charge in [-0.15, -0.1) is 11.6 Å². The minimum Gasteiger partial charge on any atom is -0.378 e. The molecule has 0 spiro atoms. The molecule has 0 saturated carbocycles. The Kier molecular flexibility index (Phi) is 3.95. The Bertz CT molecular complexity index is 126. The molecule has 2 unspecified atom stereocenters. The zero-order valence-corrected chi connectivity index (χ0v) is 7.68. The highest BCUT2D eigenvalue weighted by Crippen LogP contribution is 2.15. The average Bonchev–Trinajstić information content (AvgIpc) is 2.39. The fourth-order valence-electron chi connectivity index (χ4n) is 1.25. The first-order chi connectivity index (χ1) is 5.29. The van der Waals surface area contributed by atoms with E-state index in [1.807, 2.05) is 13.0 Å². The minimum atomic E-state index is 0.149. The molecule has 64 valence electrons. The predicted octanol–water partition coefficient (Wildman–Crippen LogP) is 2.74. The van der Waals surface area contributed by atoms with Crippen molar-refractivity contribution in [1.82, 2.24) is 0 Å². The Morgan fingerprint density at radius 1 is 1.73 bits per heavy atom. The van der Waals surface area contributed by atoms with Crippen molar-refractivity contribution in [2.24, 2.45) is 0 Å². The summed E-state index contributed by atoms with van der Waals surface area (Å²) in [7, 11) is 0.